The zero-order chi connectivity index (χ0) is 13.7. The Morgan fingerprint density at radius 3 is 2.79 bits per heavy atom. The van der Waals surface area contributed by atoms with Crippen LogP contribution in [-0.4, -0.2) is 28.7 Å². The maximum atomic E-state index is 12.4. The van der Waals surface area contributed by atoms with E-state index in [1.807, 2.05) is 0 Å². The van der Waals surface area contributed by atoms with Crippen LogP contribution in [0.3, 0.4) is 0 Å². The maximum Gasteiger partial charge on any atom is 0.227 e. The quantitative estimate of drug-likeness (QED) is 0.756. The van der Waals surface area contributed by atoms with Crippen molar-refractivity contribution >= 4 is 21.8 Å². The Morgan fingerprint density at radius 2 is 2.11 bits per heavy atom. The van der Waals surface area contributed by atoms with Gasteiger partial charge in [-0.2, -0.15) is 0 Å². The van der Waals surface area contributed by atoms with Crippen molar-refractivity contribution in [3.63, 3.8) is 0 Å². The highest BCUT2D eigenvalue weighted by atomic mass is 79.9. The van der Waals surface area contributed by atoms with Crippen LogP contribution in [0.15, 0.2) is 24.3 Å². The summed E-state index contributed by atoms with van der Waals surface area (Å²) in [6, 6.07) is 8.76. The van der Waals surface area contributed by atoms with Gasteiger partial charge in [0.1, 0.15) is 0 Å². The van der Waals surface area contributed by atoms with Crippen molar-refractivity contribution in [1.82, 2.24) is 4.90 Å². The van der Waals surface area contributed by atoms with Crippen molar-refractivity contribution in [3.05, 3.63) is 35.4 Å². The Morgan fingerprint density at radius 1 is 1.37 bits per heavy atom. The average molecular weight is 324 g/mol. The number of alkyl halides is 1. The minimum absolute atomic E-state index is 0.293. The van der Waals surface area contributed by atoms with Gasteiger partial charge in [-0.05, 0) is 38.2 Å². The average Bonchev–Trinajstić information content (AvgIpc) is 2.87. The smallest absolute Gasteiger partial charge is 0.227 e. The summed E-state index contributed by atoms with van der Waals surface area (Å²) in [5.41, 5.74) is 2.37. The molecule has 0 aliphatic carbocycles. The number of rotatable bonds is 5. The van der Waals surface area contributed by atoms with Crippen LogP contribution in [0.5, 0.6) is 0 Å². The van der Waals surface area contributed by atoms with Gasteiger partial charge < -0.3 is 4.90 Å². The molecule has 0 radical (unpaired) electrons. The molecule has 1 aliphatic rings. The van der Waals surface area contributed by atoms with E-state index in [1.165, 1.54) is 12.0 Å². The fourth-order valence-electron chi connectivity index (χ4n) is 2.76. The van der Waals surface area contributed by atoms with Crippen molar-refractivity contribution in [1.29, 1.82) is 0 Å². The lowest BCUT2D eigenvalue weighted by Crippen LogP contribution is -2.36. The van der Waals surface area contributed by atoms with Gasteiger partial charge in [-0.1, -0.05) is 45.8 Å². The lowest BCUT2D eigenvalue weighted by atomic mass is 10.1. The van der Waals surface area contributed by atoms with E-state index in [1.54, 1.807) is 0 Å². The molecule has 0 saturated carbocycles. The molecule has 1 unspecified atom stereocenters. The largest absolute Gasteiger partial charge is 0.339 e. The first-order valence-electron chi connectivity index (χ1n) is 7.11. The number of hydrogen-bond acceptors (Lipinski definition) is 1. The third kappa shape index (κ3) is 4.07. The molecular weight excluding hydrogens is 302 g/mol. The molecule has 1 aromatic rings. The van der Waals surface area contributed by atoms with E-state index < -0.39 is 0 Å². The van der Waals surface area contributed by atoms with Crippen molar-refractivity contribution in [2.45, 2.75) is 45.1 Å². The molecule has 1 amide bonds. The zero-order valence-corrected chi connectivity index (χ0v) is 13.2. The molecule has 19 heavy (non-hydrogen) atoms. The molecule has 3 heteroatoms. The lowest BCUT2D eigenvalue weighted by molar-refractivity contribution is -0.131. The van der Waals surface area contributed by atoms with Crippen LogP contribution in [0.2, 0.25) is 0 Å². The zero-order valence-electron chi connectivity index (χ0n) is 11.6. The number of aryl methyl sites for hydroxylation is 1. The molecule has 1 fully saturated rings. The molecular formula is C16H22BrNO. The molecule has 1 saturated heterocycles. The van der Waals surface area contributed by atoms with E-state index in [9.17, 15) is 4.79 Å². The number of amides is 1. The minimum Gasteiger partial charge on any atom is -0.339 e. The van der Waals surface area contributed by atoms with Gasteiger partial charge in [-0.25, -0.2) is 0 Å². The molecule has 1 aromatic carbocycles. The lowest BCUT2D eigenvalue weighted by Gasteiger charge is -2.24. The highest BCUT2D eigenvalue weighted by Gasteiger charge is 2.27. The summed E-state index contributed by atoms with van der Waals surface area (Å²) in [7, 11) is 0. The monoisotopic (exact) mass is 323 g/mol. The second-order valence-corrected chi connectivity index (χ2v) is 6.17. The van der Waals surface area contributed by atoms with Crippen molar-refractivity contribution in [3.8, 4) is 0 Å². The van der Waals surface area contributed by atoms with Crippen LogP contribution >= 0.6 is 15.9 Å². The number of halogens is 1. The summed E-state index contributed by atoms with van der Waals surface area (Å²) in [5, 5.41) is 1.03. The number of hydrogen-bond donors (Lipinski definition) is 0. The van der Waals surface area contributed by atoms with Crippen molar-refractivity contribution in [2.24, 2.45) is 0 Å². The SMILES string of the molecule is Cc1ccc(CC(=O)N2CCCC2CCCBr)cc1. The Hall–Kier alpha value is -0.830. The number of benzene rings is 1. The van der Waals surface area contributed by atoms with Crippen LogP contribution in [0.4, 0.5) is 0 Å². The number of nitrogens with zero attached hydrogens (tertiary/aromatic N) is 1. The first-order chi connectivity index (χ1) is 9.20. The topological polar surface area (TPSA) is 20.3 Å². The fraction of sp³-hybridized carbons (Fsp3) is 0.562. The van der Waals surface area contributed by atoms with Crippen LogP contribution in [0, 0.1) is 6.92 Å². The second kappa shape index (κ2) is 7.09. The van der Waals surface area contributed by atoms with Gasteiger partial charge in [-0.3, -0.25) is 4.79 Å². The Balaban J connectivity index is 1.93. The van der Waals surface area contributed by atoms with Crippen molar-refractivity contribution in [2.75, 3.05) is 11.9 Å². The van der Waals surface area contributed by atoms with Gasteiger partial charge in [0.2, 0.25) is 5.91 Å². The third-order valence-corrected chi connectivity index (χ3v) is 4.41. The summed E-state index contributed by atoms with van der Waals surface area (Å²) in [6.07, 6.45) is 5.16. The van der Waals surface area contributed by atoms with Gasteiger partial charge >= 0.3 is 0 Å². The summed E-state index contributed by atoms with van der Waals surface area (Å²) >= 11 is 3.47. The summed E-state index contributed by atoms with van der Waals surface area (Å²) in [5.74, 6) is 0.293. The van der Waals surface area contributed by atoms with E-state index >= 15 is 0 Å². The second-order valence-electron chi connectivity index (χ2n) is 5.38. The van der Waals surface area contributed by atoms with Crippen LogP contribution in [-0.2, 0) is 11.2 Å². The van der Waals surface area contributed by atoms with E-state index in [0.29, 0.717) is 18.4 Å². The van der Waals surface area contributed by atoms with Crippen LogP contribution in [0.1, 0.15) is 36.8 Å². The van der Waals surface area contributed by atoms with Gasteiger partial charge in [0.25, 0.3) is 0 Å². The highest BCUT2D eigenvalue weighted by molar-refractivity contribution is 9.09. The first-order valence-corrected chi connectivity index (χ1v) is 8.24. The number of carbonyl (C=O) groups is 1. The van der Waals surface area contributed by atoms with Gasteiger partial charge in [0, 0.05) is 17.9 Å². The molecule has 1 atom stereocenters. The first kappa shape index (κ1) is 14.6. The molecule has 0 bridgehead atoms. The van der Waals surface area contributed by atoms with Gasteiger partial charge in [-0.15, -0.1) is 0 Å². The predicted octanol–water partition coefficient (Wildman–Crippen LogP) is 3.70. The Bertz CT molecular complexity index is 415. The standard InChI is InChI=1S/C16H22BrNO/c1-13-6-8-14(9-7-13)12-16(19)18-11-3-5-15(18)4-2-10-17/h6-9,15H,2-5,10-12H2,1H3. The normalized spacial score (nSPS) is 18.8. The molecule has 1 heterocycles. The van der Waals surface area contributed by atoms with Crippen molar-refractivity contribution < 1.29 is 4.79 Å². The third-order valence-electron chi connectivity index (χ3n) is 3.84. The summed E-state index contributed by atoms with van der Waals surface area (Å²) < 4.78 is 0. The summed E-state index contributed by atoms with van der Waals surface area (Å²) in [6.45, 7) is 3.01. The molecule has 1 aliphatic heterocycles. The molecule has 0 spiro atoms. The maximum absolute atomic E-state index is 12.4. The highest BCUT2D eigenvalue weighted by Crippen LogP contribution is 2.22. The number of likely N-dealkylation sites (tertiary alicyclic amines) is 1. The Labute approximate surface area is 124 Å². The van der Waals surface area contributed by atoms with E-state index in [-0.39, 0.29) is 0 Å². The minimum atomic E-state index is 0.293. The molecule has 0 N–H and O–H groups in total. The Kier molecular flexibility index (Phi) is 5.44. The van der Waals surface area contributed by atoms with E-state index in [2.05, 4.69) is 52.0 Å². The molecule has 0 aromatic heterocycles. The molecule has 2 nitrogen and oxygen atoms in total. The van der Waals surface area contributed by atoms with Gasteiger partial charge in [0.05, 0.1) is 6.42 Å². The van der Waals surface area contributed by atoms with Gasteiger partial charge in [0.15, 0.2) is 0 Å². The fourth-order valence-corrected chi connectivity index (χ4v) is 3.08. The number of carbonyl (C=O) groups excluding carboxylic acids is 1. The molecule has 104 valence electrons. The van der Waals surface area contributed by atoms with E-state index in [0.717, 1.165) is 36.7 Å². The van der Waals surface area contributed by atoms with Crippen LogP contribution in [0.25, 0.3) is 0 Å². The molecule has 2 rings (SSSR count). The van der Waals surface area contributed by atoms with Crippen LogP contribution < -0.4 is 0 Å². The summed E-state index contributed by atoms with van der Waals surface area (Å²) in [4.78, 5) is 14.5. The predicted molar refractivity (Wildman–Crippen MR) is 82.6 cm³/mol. The van der Waals surface area contributed by atoms with E-state index in [4.69, 9.17) is 0 Å².